The highest BCUT2D eigenvalue weighted by atomic mass is 32.1. The molecule has 1 fully saturated rings. The summed E-state index contributed by atoms with van der Waals surface area (Å²) in [6.07, 6.45) is 3.57. The third-order valence-electron chi connectivity index (χ3n) is 4.69. The Morgan fingerprint density at radius 2 is 2.27 bits per heavy atom. The topological polar surface area (TPSA) is 38.1 Å². The molecule has 0 bridgehead atoms. The van der Waals surface area contributed by atoms with Crippen LogP contribution >= 0.6 is 11.3 Å². The van der Waals surface area contributed by atoms with E-state index in [9.17, 15) is 4.79 Å². The maximum absolute atomic E-state index is 12.7. The van der Waals surface area contributed by atoms with Gasteiger partial charge in [-0.15, -0.1) is 11.3 Å². The van der Waals surface area contributed by atoms with E-state index in [1.165, 1.54) is 16.1 Å². The van der Waals surface area contributed by atoms with Crippen molar-refractivity contribution in [2.75, 3.05) is 6.54 Å². The second-order valence-corrected chi connectivity index (χ2v) is 7.01. The first kappa shape index (κ1) is 15.3. The summed E-state index contributed by atoms with van der Waals surface area (Å²) < 4.78 is 1.90. The number of aryl methyl sites for hydroxylation is 2. The van der Waals surface area contributed by atoms with Gasteiger partial charge in [0.1, 0.15) is 0 Å². The van der Waals surface area contributed by atoms with E-state index in [0.717, 1.165) is 31.5 Å². The molecule has 4 nitrogen and oxygen atoms in total. The molecule has 0 aromatic carbocycles. The zero-order valence-electron chi connectivity index (χ0n) is 13.5. The monoisotopic (exact) mass is 317 g/mol. The average Bonchev–Trinajstić information content (AvgIpc) is 3.20. The minimum atomic E-state index is 0.276. The zero-order chi connectivity index (χ0) is 15.7. The summed E-state index contributed by atoms with van der Waals surface area (Å²) >= 11 is 1.76. The number of thiophene rings is 1. The largest absolute Gasteiger partial charge is 0.335 e. The molecule has 3 heterocycles. The summed E-state index contributed by atoms with van der Waals surface area (Å²) in [4.78, 5) is 16.1. The number of amides is 1. The molecule has 1 aliphatic heterocycles. The Morgan fingerprint density at radius 3 is 2.91 bits per heavy atom. The van der Waals surface area contributed by atoms with Crippen LogP contribution in [0, 0.1) is 13.8 Å². The highest BCUT2D eigenvalue weighted by Crippen LogP contribution is 2.35. The molecule has 3 rings (SSSR count). The van der Waals surface area contributed by atoms with Gasteiger partial charge in [-0.2, -0.15) is 5.10 Å². The van der Waals surface area contributed by atoms with Gasteiger partial charge < -0.3 is 4.90 Å². The van der Waals surface area contributed by atoms with Gasteiger partial charge in [-0.3, -0.25) is 9.48 Å². The van der Waals surface area contributed by atoms with Gasteiger partial charge in [0.15, 0.2) is 0 Å². The smallest absolute Gasteiger partial charge is 0.223 e. The van der Waals surface area contributed by atoms with E-state index >= 15 is 0 Å². The number of carbonyl (C=O) groups is 1. The fourth-order valence-corrected chi connectivity index (χ4v) is 4.27. The van der Waals surface area contributed by atoms with Crippen LogP contribution in [-0.2, 0) is 18.3 Å². The Hall–Kier alpha value is -1.62. The Kier molecular flexibility index (Phi) is 4.34. The summed E-state index contributed by atoms with van der Waals surface area (Å²) in [5.41, 5.74) is 3.44. The quantitative estimate of drug-likeness (QED) is 0.867. The molecule has 0 aliphatic carbocycles. The lowest BCUT2D eigenvalue weighted by Gasteiger charge is -2.24. The van der Waals surface area contributed by atoms with Crippen LogP contribution in [0.5, 0.6) is 0 Å². The first-order valence-corrected chi connectivity index (χ1v) is 8.78. The molecule has 2 aromatic rings. The van der Waals surface area contributed by atoms with Gasteiger partial charge in [-0.1, -0.05) is 6.07 Å². The first-order valence-electron chi connectivity index (χ1n) is 7.90. The molecule has 22 heavy (non-hydrogen) atoms. The Balaban J connectivity index is 1.67. The Morgan fingerprint density at radius 1 is 1.45 bits per heavy atom. The van der Waals surface area contributed by atoms with Crippen molar-refractivity contribution in [2.45, 2.75) is 45.6 Å². The van der Waals surface area contributed by atoms with E-state index in [4.69, 9.17) is 0 Å². The molecule has 0 unspecified atom stereocenters. The third kappa shape index (κ3) is 2.82. The summed E-state index contributed by atoms with van der Waals surface area (Å²) in [6.45, 7) is 4.99. The molecule has 0 spiro atoms. The minimum Gasteiger partial charge on any atom is -0.335 e. The number of aromatic nitrogens is 2. The maximum atomic E-state index is 12.7. The van der Waals surface area contributed by atoms with Gasteiger partial charge >= 0.3 is 0 Å². The fourth-order valence-electron chi connectivity index (χ4n) is 3.40. The number of hydrogen-bond acceptors (Lipinski definition) is 3. The van der Waals surface area contributed by atoms with Crippen LogP contribution in [0.4, 0.5) is 0 Å². The number of nitrogens with zero attached hydrogens (tertiary/aromatic N) is 3. The van der Waals surface area contributed by atoms with Crippen LogP contribution in [0.25, 0.3) is 0 Å². The predicted molar refractivity (Wildman–Crippen MR) is 89.0 cm³/mol. The van der Waals surface area contributed by atoms with Gasteiger partial charge in [0.2, 0.25) is 5.91 Å². The molecule has 0 radical (unpaired) electrons. The second kappa shape index (κ2) is 6.24. The standard InChI is InChI=1S/C17H23N3OS/c1-12-14(13(2)19(3)18-12)8-9-17(21)20-10-4-6-15(20)16-7-5-11-22-16/h5,7,11,15H,4,6,8-10H2,1-3H3/t15-/m0/s1. The molecule has 1 saturated heterocycles. The summed E-state index contributed by atoms with van der Waals surface area (Å²) in [6, 6.07) is 4.52. The number of rotatable bonds is 4. The van der Waals surface area contributed by atoms with Gasteiger partial charge in [-0.05, 0) is 50.1 Å². The highest BCUT2D eigenvalue weighted by molar-refractivity contribution is 7.10. The van der Waals surface area contributed by atoms with Crippen molar-refractivity contribution in [3.63, 3.8) is 0 Å². The van der Waals surface area contributed by atoms with Crippen LogP contribution < -0.4 is 0 Å². The van der Waals surface area contributed by atoms with Gasteiger partial charge in [0.05, 0.1) is 11.7 Å². The van der Waals surface area contributed by atoms with E-state index in [-0.39, 0.29) is 5.91 Å². The van der Waals surface area contributed by atoms with E-state index < -0.39 is 0 Å². The molecule has 1 atom stereocenters. The summed E-state index contributed by atoms with van der Waals surface area (Å²) in [5, 5.41) is 6.53. The van der Waals surface area contributed by atoms with Crippen LogP contribution in [0.1, 0.15) is 47.1 Å². The molecule has 2 aromatic heterocycles. The second-order valence-electron chi connectivity index (χ2n) is 6.03. The number of likely N-dealkylation sites (tertiary alicyclic amines) is 1. The third-order valence-corrected chi connectivity index (χ3v) is 5.67. The van der Waals surface area contributed by atoms with Crippen LogP contribution in [0.2, 0.25) is 0 Å². The lowest BCUT2D eigenvalue weighted by molar-refractivity contribution is -0.132. The molecule has 0 N–H and O–H groups in total. The summed E-state index contributed by atoms with van der Waals surface area (Å²) in [7, 11) is 1.96. The fraction of sp³-hybridized carbons (Fsp3) is 0.529. The van der Waals surface area contributed by atoms with Crippen molar-refractivity contribution < 1.29 is 4.79 Å². The Labute approximate surface area is 135 Å². The van der Waals surface area contributed by atoms with Crippen molar-refractivity contribution in [2.24, 2.45) is 7.05 Å². The van der Waals surface area contributed by atoms with Crippen molar-refractivity contribution in [3.8, 4) is 0 Å². The maximum Gasteiger partial charge on any atom is 0.223 e. The van der Waals surface area contributed by atoms with E-state index in [2.05, 4.69) is 34.4 Å². The number of carbonyl (C=O) groups excluding carboxylic acids is 1. The van der Waals surface area contributed by atoms with E-state index in [1.807, 2.05) is 18.7 Å². The highest BCUT2D eigenvalue weighted by Gasteiger charge is 2.30. The predicted octanol–water partition coefficient (Wildman–Crippen LogP) is 3.39. The minimum absolute atomic E-state index is 0.276. The van der Waals surface area contributed by atoms with Crippen molar-refractivity contribution in [1.82, 2.24) is 14.7 Å². The van der Waals surface area contributed by atoms with Crippen molar-refractivity contribution in [1.29, 1.82) is 0 Å². The molecule has 1 aliphatic rings. The first-order chi connectivity index (χ1) is 10.6. The molecule has 0 saturated carbocycles. The lowest BCUT2D eigenvalue weighted by Crippen LogP contribution is -2.30. The molecular formula is C17H23N3OS. The molecule has 1 amide bonds. The SMILES string of the molecule is Cc1nn(C)c(C)c1CCC(=O)N1CCC[C@H]1c1cccs1. The normalized spacial score (nSPS) is 18.1. The van der Waals surface area contributed by atoms with Gasteiger partial charge in [-0.25, -0.2) is 0 Å². The van der Waals surface area contributed by atoms with Crippen LogP contribution in [-0.4, -0.2) is 27.1 Å². The summed E-state index contributed by atoms with van der Waals surface area (Å²) in [5.74, 6) is 0.276. The number of hydrogen-bond donors (Lipinski definition) is 0. The van der Waals surface area contributed by atoms with Gasteiger partial charge in [0.25, 0.3) is 0 Å². The Bertz CT molecular complexity index is 660. The zero-order valence-corrected chi connectivity index (χ0v) is 14.3. The van der Waals surface area contributed by atoms with E-state index in [0.29, 0.717) is 12.5 Å². The van der Waals surface area contributed by atoms with E-state index in [1.54, 1.807) is 11.3 Å². The van der Waals surface area contributed by atoms with Crippen LogP contribution in [0.3, 0.4) is 0 Å². The van der Waals surface area contributed by atoms with Gasteiger partial charge in [0, 0.05) is 30.6 Å². The van der Waals surface area contributed by atoms with Crippen LogP contribution in [0.15, 0.2) is 17.5 Å². The lowest BCUT2D eigenvalue weighted by atomic mass is 10.1. The molecule has 118 valence electrons. The van der Waals surface area contributed by atoms with Crippen molar-refractivity contribution in [3.05, 3.63) is 39.3 Å². The molecular weight excluding hydrogens is 294 g/mol. The van der Waals surface area contributed by atoms with Crippen molar-refractivity contribution >= 4 is 17.2 Å². The molecule has 5 heteroatoms. The average molecular weight is 317 g/mol.